The number of aliphatic carboxylic acids is 1. The number of para-hydroxylation sites is 1. The molecule has 3 nitrogen and oxygen atoms in total. The Balaban J connectivity index is 2.58. The second-order valence-electron chi connectivity index (χ2n) is 4.05. The molecule has 0 fully saturated rings. The number of benzene rings is 2. The smallest absolute Gasteiger partial charge is 0.336 e. The standard InChI is InChI=1S/C15H10Cl2O3/c16-10-5-6-11(13(17)8-10)12(15(19)20)7-9-3-1-2-4-14(9)18/h1-8,18H,(H,19,20)/b12-7-. The molecule has 2 N–H and O–H groups in total. The van der Waals surface area contributed by atoms with Gasteiger partial charge in [-0.2, -0.15) is 0 Å². The van der Waals surface area contributed by atoms with Crippen molar-refractivity contribution in [2.45, 2.75) is 0 Å². The Morgan fingerprint density at radius 3 is 2.40 bits per heavy atom. The van der Waals surface area contributed by atoms with Crippen molar-refractivity contribution in [3.05, 3.63) is 63.6 Å². The third-order valence-electron chi connectivity index (χ3n) is 2.69. The molecular formula is C15H10Cl2O3. The molecule has 0 saturated carbocycles. The number of phenols is 1. The Morgan fingerprint density at radius 2 is 1.80 bits per heavy atom. The fraction of sp³-hybridized carbons (Fsp3) is 0. The molecule has 102 valence electrons. The van der Waals surface area contributed by atoms with Crippen LogP contribution in [0.1, 0.15) is 11.1 Å². The van der Waals surface area contributed by atoms with Crippen LogP contribution in [-0.4, -0.2) is 16.2 Å². The van der Waals surface area contributed by atoms with E-state index in [4.69, 9.17) is 23.2 Å². The maximum absolute atomic E-state index is 11.4. The minimum Gasteiger partial charge on any atom is -0.507 e. The van der Waals surface area contributed by atoms with Gasteiger partial charge in [0.2, 0.25) is 0 Å². The molecule has 0 bridgehead atoms. The SMILES string of the molecule is O=C(O)/C(=C\c1ccccc1O)c1ccc(Cl)cc1Cl. The van der Waals surface area contributed by atoms with Crippen molar-refractivity contribution in [3.63, 3.8) is 0 Å². The highest BCUT2D eigenvalue weighted by molar-refractivity contribution is 6.37. The summed E-state index contributed by atoms with van der Waals surface area (Å²) in [4.78, 5) is 11.4. The monoisotopic (exact) mass is 308 g/mol. The first-order valence-electron chi connectivity index (χ1n) is 5.67. The van der Waals surface area contributed by atoms with E-state index in [-0.39, 0.29) is 16.3 Å². The number of carbonyl (C=O) groups is 1. The summed E-state index contributed by atoms with van der Waals surface area (Å²) < 4.78 is 0. The lowest BCUT2D eigenvalue weighted by Crippen LogP contribution is -2.00. The Hall–Kier alpha value is -1.97. The van der Waals surface area contributed by atoms with Crippen LogP contribution in [-0.2, 0) is 4.79 Å². The average Bonchev–Trinajstić information content (AvgIpc) is 2.38. The van der Waals surface area contributed by atoms with Gasteiger partial charge in [0, 0.05) is 16.1 Å². The van der Waals surface area contributed by atoms with Crippen LogP contribution in [0.3, 0.4) is 0 Å². The van der Waals surface area contributed by atoms with Crippen molar-refractivity contribution in [2.24, 2.45) is 0 Å². The van der Waals surface area contributed by atoms with Gasteiger partial charge in [-0.15, -0.1) is 0 Å². The minimum atomic E-state index is -1.14. The number of halogens is 2. The Labute approximate surface area is 125 Å². The lowest BCUT2D eigenvalue weighted by atomic mass is 10.0. The van der Waals surface area contributed by atoms with Crippen molar-refractivity contribution >= 4 is 40.8 Å². The molecule has 0 aromatic heterocycles. The third kappa shape index (κ3) is 3.13. The first kappa shape index (κ1) is 14.4. The van der Waals surface area contributed by atoms with E-state index in [2.05, 4.69) is 0 Å². The molecule has 0 heterocycles. The fourth-order valence-corrected chi connectivity index (χ4v) is 2.24. The van der Waals surface area contributed by atoms with Crippen LogP contribution in [0.4, 0.5) is 0 Å². The lowest BCUT2D eigenvalue weighted by Gasteiger charge is -2.07. The maximum atomic E-state index is 11.4. The van der Waals surface area contributed by atoms with Gasteiger partial charge in [-0.1, -0.05) is 47.5 Å². The number of carboxylic acids is 1. The number of carboxylic acid groups (broad SMARTS) is 1. The summed E-state index contributed by atoms with van der Waals surface area (Å²) in [5.74, 6) is -1.14. The summed E-state index contributed by atoms with van der Waals surface area (Å²) in [7, 11) is 0. The highest BCUT2D eigenvalue weighted by atomic mass is 35.5. The summed E-state index contributed by atoms with van der Waals surface area (Å²) in [6.07, 6.45) is 1.37. The molecular weight excluding hydrogens is 299 g/mol. The number of hydrogen-bond acceptors (Lipinski definition) is 2. The van der Waals surface area contributed by atoms with Gasteiger partial charge in [0.25, 0.3) is 0 Å². The van der Waals surface area contributed by atoms with Gasteiger partial charge in [0.15, 0.2) is 0 Å². The molecule has 0 amide bonds. The largest absolute Gasteiger partial charge is 0.507 e. The Morgan fingerprint density at radius 1 is 1.10 bits per heavy atom. The van der Waals surface area contributed by atoms with Gasteiger partial charge >= 0.3 is 5.97 Å². The van der Waals surface area contributed by atoms with Crippen molar-refractivity contribution in [3.8, 4) is 5.75 Å². The third-order valence-corrected chi connectivity index (χ3v) is 3.24. The molecule has 5 heteroatoms. The molecule has 0 aliphatic rings. The van der Waals surface area contributed by atoms with Crippen LogP contribution in [0.15, 0.2) is 42.5 Å². The van der Waals surface area contributed by atoms with Crippen molar-refractivity contribution in [1.82, 2.24) is 0 Å². The van der Waals surface area contributed by atoms with E-state index < -0.39 is 5.97 Å². The van der Waals surface area contributed by atoms with Crippen LogP contribution in [0.2, 0.25) is 10.0 Å². The van der Waals surface area contributed by atoms with Crippen LogP contribution in [0, 0.1) is 0 Å². The van der Waals surface area contributed by atoms with Gasteiger partial charge in [0.05, 0.1) is 10.6 Å². The van der Waals surface area contributed by atoms with Crippen molar-refractivity contribution in [1.29, 1.82) is 0 Å². The van der Waals surface area contributed by atoms with E-state index in [1.54, 1.807) is 24.3 Å². The van der Waals surface area contributed by atoms with E-state index in [0.29, 0.717) is 16.1 Å². The van der Waals surface area contributed by atoms with Crippen molar-refractivity contribution < 1.29 is 15.0 Å². The molecule has 2 aromatic rings. The highest BCUT2D eigenvalue weighted by Crippen LogP contribution is 2.30. The normalized spacial score (nSPS) is 11.4. The summed E-state index contributed by atoms with van der Waals surface area (Å²) in [6.45, 7) is 0. The topological polar surface area (TPSA) is 57.5 Å². The molecule has 0 aliphatic heterocycles. The second kappa shape index (κ2) is 5.99. The fourth-order valence-electron chi connectivity index (χ4n) is 1.73. The van der Waals surface area contributed by atoms with Crippen LogP contribution >= 0.6 is 23.2 Å². The lowest BCUT2D eigenvalue weighted by molar-refractivity contribution is -0.130. The Kier molecular flexibility index (Phi) is 4.32. The number of phenolic OH excluding ortho intramolecular Hbond substituents is 1. The first-order chi connectivity index (χ1) is 9.49. The predicted molar refractivity (Wildman–Crippen MR) is 80.1 cm³/mol. The maximum Gasteiger partial charge on any atom is 0.336 e. The Bertz CT molecular complexity index is 693. The van der Waals surface area contributed by atoms with Crippen LogP contribution in [0.5, 0.6) is 5.75 Å². The molecule has 2 rings (SSSR count). The molecule has 0 radical (unpaired) electrons. The second-order valence-corrected chi connectivity index (χ2v) is 4.89. The van der Waals surface area contributed by atoms with Gasteiger partial charge in [-0.3, -0.25) is 0 Å². The van der Waals surface area contributed by atoms with Crippen LogP contribution in [0.25, 0.3) is 11.6 Å². The number of aromatic hydroxyl groups is 1. The highest BCUT2D eigenvalue weighted by Gasteiger charge is 2.15. The van der Waals surface area contributed by atoms with E-state index in [0.717, 1.165) is 0 Å². The minimum absolute atomic E-state index is 0.00339. The van der Waals surface area contributed by atoms with Gasteiger partial charge in [-0.05, 0) is 24.3 Å². The summed E-state index contributed by atoms with van der Waals surface area (Å²) in [5, 5.41) is 19.7. The van der Waals surface area contributed by atoms with Crippen molar-refractivity contribution in [2.75, 3.05) is 0 Å². The van der Waals surface area contributed by atoms with E-state index in [9.17, 15) is 15.0 Å². The van der Waals surface area contributed by atoms with Gasteiger partial charge < -0.3 is 10.2 Å². The molecule has 0 spiro atoms. The van der Waals surface area contributed by atoms with E-state index in [1.807, 2.05) is 0 Å². The molecule has 2 aromatic carbocycles. The molecule has 0 saturated heterocycles. The van der Waals surface area contributed by atoms with E-state index >= 15 is 0 Å². The number of hydrogen-bond donors (Lipinski definition) is 2. The van der Waals surface area contributed by atoms with Gasteiger partial charge in [0.1, 0.15) is 5.75 Å². The van der Waals surface area contributed by atoms with Gasteiger partial charge in [-0.25, -0.2) is 4.79 Å². The average molecular weight is 309 g/mol. The first-order valence-corrected chi connectivity index (χ1v) is 6.43. The zero-order chi connectivity index (χ0) is 14.7. The summed E-state index contributed by atoms with van der Waals surface area (Å²) >= 11 is 11.8. The molecule has 0 aliphatic carbocycles. The quantitative estimate of drug-likeness (QED) is 0.655. The predicted octanol–water partition coefficient (Wildman–Crippen LogP) is 4.32. The van der Waals surface area contributed by atoms with Crippen LogP contribution < -0.4 is 0 Å². The molecule has 20 heavy (non-hydrogen) atoms. The molecule has 0 unspecified atom stereocenters. The van der Waals surface area contributed by atoms with E-state index in [1.165, 1.54) is 24.3 Å². The zero-order valence-electron chi connectivity index (χ0n) is 10.2. The number of rotatable bonds is 3. The summed E-state index contributed by atoms with van der Waals surface area (Å²) in [5.41, 5.74) is 0.718. The molecule has 0 atom stereocenters. The zero-order valence-corrected chi connectivity index (χ0v) is 11.7. The summed E-state index contributed by atoms with van der Waals surface area (Å²) in [6, 6.07) is 11.0.